The minimum atomic E-state index is -0.169. The second-order valence-corrected chi connectivity index (χ2v) is 7.20. The van der Waals surface area contributed by atoms with Gasteiger partial charge in [-0.3, -0.25) is 4.79 Å². The number of morpholine rings is 1. The summed E-state index contributed by atoms with van der Waals surface area (Å²) >= 11 is 6.06. The molecule has 2 heterocycles. The number of ether oxygens (including phenoxy) is 2. The first kappa shape index (κ1) is 18.8. The number of hydrogen-bond acceptors (Lipinski definition) is 7. The van der Waals surface area contributed by atoms with Crippen molar-refractivity contribution in [3.63, 3.8) is 0 Å². The van der Waals surface area contributed by atoms with Crippen LogP contribution in [0.5, 0.6) is 5.75 Å². The van der Waals surface area contributed by atoms with Crippen LogP contribution in [0, 0.1) is 0 Å². The van der Waals surface area contributed by atoms with Gasteiger partial charge in [0.25, 0.3) is 0 Å². The van der Waals surface area contributed by atoms with E-state index in [2.05, 4.69) is 20.6 Å². The van der Waals surface area contributed by atoms with Gasteiger partial charge in [0.1, 0.15) is 22.7 Å². The zero-order chi connectivity index (χ0) is 19.5. The number of halogens is 1. The van der Waals surface area contributed by atoms with Crippen LogP contribution in [0.3, 0.4) is 0 Å². The lowest BCUT2D eigenvalue weighted by molar-refractivity contribution is -0.125. The molecule has 2 N–H and O–H groups in total. The molecular formula is C19H22ClN5O3. The fraction of sp³-hybridized carbons (Fsp3) is 0.421. The van der Waals surface area contributed by atoms with Crippen LogP contribution in [0.25, 0.3) is 0 Å². The number of carbonyl (C=O) groups excluding carboxylic acids is 1. The van der Waals surface area contributed by atoms with Gasteiger partial charge in [-0.15, -0.1) is 0 Å². The lowest BCUT2D eigenvalue weighted by atomic mass is 10.1. The van der Waals surface area contributed by atoms with Crippen LogP contribution < -0.4 is 15.4 Å². The summed E-state index contributed by atoms with van der Waals surface area (Å²) in [6.45, 7) is 1.67. The number of nitrogens with one attached hydrogen (secondary N) is 2. The minimum Gasteiger partial charge on any atom is -0.488 e. The molecule has 1 aliphatic carbocycles. The summed E-state index contributed by atoms with van der Waals surface area (Å²) in [5.74, 6) is 1.68. The third kappa shape index (κ3) is 4.28. The van der Waals surface area contributed by atoms with E-state index in [1.807, 2.05) is 18.2 Å². The second-order valence-electron chi connectivity index (χ2n) is 6.80. The van der Waals surface area contributed by atoms with E-state index in [0.29, 0.717) is 36.5 Å². The van der Waals surface area contributed by atoms with E-state index in [0.717, 1.165) is 36.3 Å². The molecule has 2 fully saturated rings. The van der Waals surface area contributed by atoms with Crippen LogP contribution in [-0.4, -0.2) is 54.1 Å². The summed E-state index contributed by atoms with van der Waals surface area (Å²) in [5, 5.41) is 6.59. The predicted octanol–water partition coefficient (Wildman–Crippen LogP) is 2.99. The number of aromatic nitrogens is 2. The molecule has 0 spiro atoms. The van der Waals surface area contributed by atoms with Crippen molar-refractivity contribution in [3.05, 3.63) is 35.0 Å². The Morgan fingerprint density at radius 3 is 3.00 bits per heavy atom. The maximum absolute atomic E-state index is 11.1. The molecule has 28 heavy (non-hydrogen) atoms. The second kappa shape index (κ2) is 8.20. The first-order valence-electron chi connectivity index (χ1n) is 9.25. The summed E-state index contributed by atoms with van der Waals surface area (Å²) in [4.78, 5) is 21.4. The average Bonchev–Trinajstić information content (AvgIpc) is 3.54. The van der Waals surface area contributed by atoms with Crippen molar-refractivity contribution >= 4 is 35.5 Å². The molecule has 9 heteroatoms. The highest BCUT2D eigenvalue weighted by molar-refractivity contribution is 6.32. The highest BCUT2D eigenvalue weighted by Gasteiger charge is 2.27. The summed E-state index contributed by atoms with van der Waals surface area (Å²) < 4.78 is 11.9. The van der Waals surface area contributed by atoms with E-state index >= 15 is 0 Å². The number of nitrogens with zero attached hydrogens (tertiary/aromatic N) is 3. The summed E-state index contributed by atoms with van der Waals surface area (Å²) in [6, 6.07) is 5.86. The minimum absolute atomic E-state index is 0.169. The van der Waals surface area contributed by atoms with Crippen LogP contribution in [0.15, 0.2) is 24.4 Å². The number of carbonyl (C=O) groups is 1. The summed E-state index contributed by atoms with van der Waals surface area (Å²) in [6.07, 6.45) is 4.56. The average molecular weight is 404 g/mol. The Hall–Kier alpha value is -2.58. The number of hydrogen-bond donors (Lipinski definition) is 2. The van der Waals surface area contributed by atoms with Gasteiger partial charge < -0.3 is 25.0 Å². The maximum Gasteiger partial charge on any atom is 0.229 e. The molecule has 1 saturated carbocycles. The third-order valence-corrected chi connectivity index (χ3v) is 4.95. The molecular weight excluding hydrogens is 382 g/mol. The first-order valence-corrected chi connectivity index (χ1v) is 9.63. The van der Waals surface area contributed by atoms with E-state index in [1.54, 1.807) is 18.1 Å². The largest absolute Gasteiger partial charge is 0.488 e. The lowest BCUT2D eigenvalue weighted by Crippen LogP contribution is -2.37. The smallest absolute Gasteiger partial charge is 0.229 e. The Morgan fingerprint density at radius 1 is 1.39 bits per heavy atom. The zero-order valence-corrected chi connectivity index (χ0v) is 16.3. The van der Waals surface area contributed by atoms with Gasteiger partial charge in [-0.1, -0.05) is 17.7 Å². The monoisotopic (exact) mass is 403 g/mol. The number of amides is 1. The Kier molecular flexibility index (Phi) is 5.50. The molecule has 1 aliphatic heterocycles. The van der Waals surface area contributed by atoms with Crippen LogP contribution in [0.1, 0.15) is 24.5 Å². The van der Waals surface area contributed by atoms with Crippen LogP contribution in [-0.2, 0) is 9.53 Å². The molecule has 2 aromatic rings. The Bertz CT molecular complexity index is 861. The molecule has 1 saturated heterocycles. The van der Waals surface area contributed by atoms with Crippen molar-refractivity contribution < 1.29 is 14.3 Å². The SMILES string of the molecule is CNc1nc(Nc2ccc(C3CN(C=O)CCO3)cc2OC2CC2)ncc1Cl. The standard InChI is InChI=1S/C19H22ClN5O3/c1-21-18-14(20)9-22-19(24-18)23-15-5-2-12(8-16(15)28-13-3-4-13)17-10-25(11-26)6-7-27-17/h2,5,8-9,11,13,17H,3-4,6-7,10H2,1H3,(H2,21,22,23,24). The molecule has 0 bridgehead atoms. The molecule has 148 valence electrons. The van der Waals surface area contributed by atoms with Crippen molar-refractivity contribution in [2.24, 2.45) is 0 Å². The van der Waals surface area contributed by atoms with E-state index in [4.69, 9.17) is 21.1 Å². The Balaban J connectivity index is 1.59. The van der Waals surface area contributed by atoms with Crippen LogP contribution in [0.4, 0.5) is 17.5 Å². The zero-order valence-electron chi connectivity index (χ0n) is 15.5. The van der Waals surface area contributed by atoms with Gasteiger partial charge in [0.05, 0.1) is 31.1 Å². The van der Waals surface area contributed by atoms with E-state index in [9.17, 15) is 4.79 Å². The fourth-order valence-corrected chi connectivity index (χ4v) is 3.18. The van der Waals surface area contributed by atoms with Gasteiger partial charge in [-0.05, 0) is 30.5 Å². The van der Waals surface area contributed by atoms with Gasteiger partial charge in [0.2, 0.25) is 12.4 Å². The summed E-state index contributed by atoms with van der Waals surface area (Å²) in [5.41, 5.74) is 1.74. The third-order valence-electron chi connectivity index (χ3n) is 4.67. The molecule has 1 atom stereocenters. The van der Waals surface area contributed by atoms with Crippen LogP contribution in [0.2, 0.25) is 5.02 Å². The van der Waals surface area contributed by atoms with Crippen molar-refractivity contribution in [2.45, 2.75) is 25.0 Å². The first-order chi connectivity index (χ1) is 13.7. The molecule has 1 unspecified atom stereocenters. The quantitative estimate of drug-likeness (QED) is 0.687. The summed E-state index contributed by atoms with van der Waals surface area (Å²) in [7, 11) is 1.75. The molecule has 1 aromatic heterocycles. The Labute approximate surface area is 168 Å². The molecule has 1 amide bonds. The van der Waals surface area contributed by atoms with Crippen molar-refractivity contribution in [1.29, 1.82) is 0 Å². The van der Waals surface area contributed by atoms with E-state index in [-0.39, 0.29) is 12.2 Å². The topological polar surface area (TPSA) is 88.6 Å². The van der Waals surface area contributed by atoms with Gasteiger partial charge in [0.15, 0.2) is 0 Å². The normalized spacial score (nSPS) is 19.2. The molecule has 1 aromatic carbocycles. The highest BCUT2D eigenvalue weighted by atomic mass is 35.5. The van der Waals surface area contributed by atoms with Gasteiger partial charge in [-0.25, -0.2) is 4.98 Å². The lowest BCUT2D eigenvalue weighted by Gasteiger charge is -2.30. The molecule has 4 rings (SSSR count). The number of benzene rings is 1. The van der Waals surface area contributed by atoms with Crippen molar-refractivity contribution in [1.82, 2.24) is 14.9 Å². The number of rotatable bonds is 7. The van der Waals surface area contributed by atoms with Gasteiger partial charge in [0, 0.05) is 13.6 Å². The molecule has 8 nitrogen and oxygen atoms in total. The molecule has 2 aliphatic rings. The van der Waals surface area contributed by atoms with Crippen LogP contribution >= 0.6 is 11.6 Å². The maximum atomic E-state index is 11.1. The number of anilines is 3. The highest BCUT2D eigenvalue weighted by Crippen LogP contribution is 2.36. The van der Waals surface area contributed by atoms with E-state index in [1.165, 1.54) is 0 Å². The van der Waals surface area contributed by atoms with E-state index < -0.39 is 0 Å². The van der Waals surface area contributed by atoms with Crippen molar-refractivity contribution in [3.8, 4) is 5.75 Å². The Morgan fingerprint density at radius 2 is 2.25 bits per heavy atom. The van der Waals surface area contributed by atoms with Gasteiger partial charge in [-0.2, -0.15) is 4.98 Å². The van der Waals surface area contributed by atoms with Gasteiger partial charge >= 0.3 is 0 Å². The van der Waals surface area contributed by atoms with Crippen molar-refractivity contribution in [2.75, 3.05) is 37.4 Å². The predicted molar refractivity (Wildman–Crippen MR) is 106 cm³/mol. The molecule has 0 radical (unpaired) electrons. The fourth-order valence-electron chi connectivity index (χ4n) is 3.00.